The van der Waals surface area contributed by atoms with E-state index in [1.165, 1.54) is 23.6 Å². The van der Waals surface area contributed by atoms with Gasteiger partial charge in [-0.2, -0.15) is 0 Å². The van der Waals surface area contributed by atoms with Gasteiger partial charge < -0.3 is 9.47 Å². The molecule has 35 heavy (non-hydrogen) atoms. The molecule has 0 aliphatic carbocycles. The van der Waals surface area contributed by atoms with Crippen LogP contribution in [0.1, 0.15) is 49.7 Å². The molecule has 0 spiro atoms. The van der Waals surface area contributed by atoms with Crippen LogP contribution in [0.4, 0.5) is 11.4 Å². The standard InChI is InChI=1S/C22H26N2O9S2/c1-22(2,3)33-19(26)10-9-14(21(27)32-4)13-17(25)20-15(11-12-34-20)23-35(30,31)18-8-6-5-7-16(18)24(28)29/h5-8,11-12,14,23H,9-10,13H2,1-4H3/t14-/m1/s1. The van der Waals surface area contributed by atoms with Crippen molar-refractivity contribution in [1.29, 1.82) is 0 Å². The lowest BCUT2D eigenvalue weighted by atomic mass is 9.96. The number of ether oxygens (including phenoxy) is 2. The molecule has 1 aromatic heterocycles. The van der Waals surface area contributed by atoms with E-state index in [1.807, 2.05) is 0 Å². The minimum absolute atomic E-state index is 0.00400. The topological polar surface area (TPSA) is 159 Å². The molecule has 1 heterocycles. The third-order valence-electron chi connectivity index (χ3n) is 4.60. The summed E-state index contributed by atoms with van der Waals surface area (Å²) in [5, 5.41) is 12.7. The Kier molecular flexibility index (Phi) is 9.10. The number of hydrogen-bond acceptors (Lipinski definition) is 10. The minimum atomic E-state index is -4.39. The number of esters is 2. The molecule has 190 valence electrons. The molecule has 0 saturated carbocycles. The van der Waals surface area contributed by atoms with Crippen LogP contribution >= 0.6 is 11.3 Å². The summed E-state index contributed by atoms with van der Waals surface area (Å²) >= 11 is 0.943. The number of nitro benzene ring substituents is 1. The summed E-state index contributed by atoms with van der Waals surface area (Å²) in [7, 11) is -3.24. The number of methoxy groups -OCH3 is 1. The number of carbonyl (C=O) groups excluding carboxylic acids is 3. The normalized spacial score (nSPS) is 12.5. The molecule has 0 saturated heterocycles. The molecule has 0 radical (unpaired) electrons. The summed E-state index contributed by atoms with van der Waals surface area (Å²) in [6.45, 7) is 5.11. The van der Waals surface area contributed by atoms with Crippen LogP contribution in [-0.2, 0) is 29.1 Å². The molecule has 0 unspecified atom stereocenters. The van der Waals surface area contributed by atoms with Crippen LogP contribution in [0.2, 0.25) is 0 Å². The molecule has 2 rings (SSSR count). The zero-order chi connectivity index (χ0) is 26.4. The molecule has 1 N–H and O–H groups in total. The minimum Gasteiger partial charge on any atom is -0.469 e. The second kappa shape index (κ2) is 11.4. The van der Waals surface area contributed by atoms with Crippen molar-refractivity contribution in [1.82, 2.24) is 0 Å². The number of hydrogen-bond donors (Lipinski definition) is 1. The second-order valence-electron chi connectivity index (χ2n) is 8.47. The van der Waals surface area contributed by atoms with E-state index in [0.29, 0.717) is 0 Å². The van der Waals surface area contributed by atoms with Gasteiger partial charge in [0.2, 0.25) is 0 Å². The fourth-order valence-corrected chi connectivity index (χ4v) is 5.22. The third kappa shape index (κ3) is 7.86. The van der Waals surface area contributed by atoms with Crippen molar-refractivity contribution in [3.8, 4) is 0 Å². The van der Waals surface area contributed by atoms with Gasteiger partial charge in [-0.25, -0.2) is 8.42 Å². The van der Waals surface area contributed by atoms with Gasteiger partial charge in [0.05, 0.1) is 28.5 Å². The molecule has 13 heteroatoms. The molecule has 1 atom stereocenters. The third-order valence-corrected chi connectivity index (χ3v) is 6.97. The summed E-state index contributed by atoms with van der Waals surface area (Å²) in [5.41, 5.74) is -1.39. The Morgan fingerprint density at radius 2 is 1.83 bits per heavy atom. The number of ketones is 1. The summed E-state index contributed by atoms with van der Waals surface area (Å²) in [5.74, 6) is -2.74. The van der Waals surface area contributed by atoms with E-state index < -0.39 is 54.8 Å². The van der Waals surface area contributed by atoms with Gasteiger partial charge in [-0.15, -0.1) is 11.3 Å². The zero-order valence-electron chi connectivity index (χ0n) is 19.6. The van der Waals surface area contributed by atoms with Gasteiger partial charge in [0.25, 0.3) is 15.7 Å². The van der Waals surface area contributed by atoms with Crippen LogP contribution in [0.3, 0.4) is 0 Å². The number of anilines is 1. The van der Waals surface area contributed by atoms with Gasteiger partial charge in [0, 0.05) is 18.9 Å². The maximum Gasteiger partial charge on any atom is 0.309 e. The zero-order valence-corrected chi connectivity index (χ0v) is 21.2. The van der Waals surface area contributed by atoms with Crippen molar-refractivity contribution >= 4 is 50.5 Å². The first kappa shape index (κ1) is 27.9. The number of carbonyl (C=O) groups is 3. The van der Waals surface area contributed by atoms with E-state index in [1.54, 1.807) is 20.8 Å². The van der Waals surface area contributed by atoms with Crippen molar-refractivity contribution in [3.63, 3.8) is 0 Å². The van der Waals surface area contributed by atoms with E-state index in [-0.39, 0.29) is 29.8 Å². The average molecular weight is 527 g/mol. The van der Waals surface area contributed by atoms with E-state index in [0.717, 1.165) is 30.6 Å². The first-order valence-corrected chi connectivity index (χ1v) is 12.8. The highest BCUT2D eigenvalue weighted by Crippen LogP contribution is 2.31. The van der Waals surface area contributed by atoms with E-state index in [2.05, 4.69) is 4.72 Å². The highest BCUT2D eigenvalue weighted by molar-refractivity contribution is 7.92. The molecule has 0 amide bonds. The van der Waals surface area contributed by atoms with Gasteiger partial charge in [0.15, 0.2) is 10.7 Å². The molecule has 11 nitrogen and oxygen atoms in total. The average Bonchev–Trinajstić information content (AvgIpc) is 3.22. The first-order valence-electron chi connectivity index (χ1n) is 10.4. The van der Waals surface area contributed by atoms with Gasteiger partial charge >= 0.3 is 11.9 Å². The SMILES string of the molecule is COC(=O)[C@H](CCC(=O)OC(C)(C)C)CC(=O)c1sccc1NS(=O)(=O)c1ccccc1[N+](=O)[O-]. The van der Waals surface area contributed by atoms with Crippen LogP contribution in [0.15, 0.2) is 40.6 Å². The predicted octanol–water partition coefficient (Wildman–Crippen LogP) is 3.94. The quantitative estimate of drug-likeness (QED) is 0.198. The first-order chi connectivity index (χ1) is 16.2. The maximum absolute atomic E-state index is 13.0. The number of Topliss-reactive ketones (excluding diaryl/α,β-unsaturated/α-hetero) is 1. The molecule has 1 aromatic carbocycles. The fraction of sp³-hybridized carbons (Fsp3) is 0.409. The predicted molar refractivity (Wildman–Crippen MR) is 128 cm³/mol. The Balaban J connectivity index is 2.20. The Morgan fingerprint density at radius 3 is 2.43 bits per heavy atom. The summed E-state index contributed by atoms with van der Waals surface area (Å²) in [4.78, 5) is 47.1. The van der Waals surface area contributed by atoms with Crippen molar-refractivity contribution in [2.45, 2.75) is 50.5 Å². The van der Waals surface area contributed by atoms with E-state index in [4.69, 9.17) is 9.47 Å². The molecule has 0 fully saturated rings. The molecule has 0 aliphatic heterocycles. The largest absolute Gasteiger partial charge is 0.469 e. The summed E-state index contributed by atoms with van der Waals surface area (Å²) in [6.07, 6.45) is -0.460. The number of nitro groups is 1. The number of para-hydroxylation sites is 1. The van der Waals surface area contributed by atoms with Crippen LogP contribution < -0.4 is 4.72 Å². The fourth-order valence-electron chi connectivity index (χ4n) is 3.11. The molecule has 0 aliphatic rings. The highest BCUT2D eigenvalue weighted by atomic mass is 32.2. The molecule has 0 bridgehead atoms. The Morgan fingerprint density at radius 1 is 1.17 bits per heavy atom. The lowest BCUT2D eigenvalue weighted by Crippen LogP contribution is -2.26. The number of sulfonamides is 1. The number of rotatable bonds is 11. The smallest absolute Gasteiger partial charge is 0.309 e. The number of thiophene rings is 1. The van der Waals surface area contributed by atoms with Crippen LogP contribution in [0, 0.1) is 16.0 Å². The van der Waals surface area contributed by atoms with Gasteiger partial charge in [-0.05, 0) is 44.7 Å². The molecular formula is C22H26N2O9S2. The lowest BCUT2D eigenvalue weighted by molar-refractivity contribution is -0.387. The summed E-state index contributed by atoms with van der Waals surface area (Å²) in [6, 6.07) is 6.16. The van der Waals surface area contributed by atoms with Crippen LogP contribution in [-0.4, -0.2) is 43.8 Å². The second-order valence-corrected chi connectivity index (χ2v) is 11.0. The lowest BCUT2D eigenvalue weighted by Gasteiger charge is -2.20. The van der Waals surface area contributed by atoms with Crippen LogP contribution in [0.5, 0.6) is 0 Å². The molecule has 2 aromatic rings. The van der Waals surface area contributed by atoms with Crippen molar-refractivity contribution in [2.75, 3.05) is 11.8 Å². The maximum atomic E-state index is 13.0. The Labute approximate surface area is 206 Å². The van der Waals surface area contributed by atoms with Gasteiger partial charge in [-0.3, -0.25) is 29.2 Å². The summed E-state index contributed by atoms with van der Waals surface area (Å²) < 4.78 is 37.8. The number of benzene rings is 1. The number of nitrogens with zero attached hydrogens (tertiary/aromatic N) is 1. The highest BCUT2D eigenvalue weighted by Gasteiger charge is 2.30. The van der Waals surface area contributed by atoms with Gasteiger partial charge in [-0.1, -0.05) is 12.1 Å². The van der Waals surface area contributed by atoms with Gasteiger partial charge in [0.1, 0.15) is 5.60 Å². The number of nitrogens with one attached hydrogen (secondary N) is 1. The van der Waals surface area contributed by atoms with Crippen molar-refractivity contribution in [2.24, 2.45) is 5.92 Å². The Bertz CT molecular complexity index is 1210. The Hall–Kier alpha value is -3.32. The van der Waals surface area contributed by atoms with E-state index in [9.17, 15) is 32.9 Å². The van der Waals surface area contributed by atoms with Crippen LogP contribution in [0.25, 0.3) is 0 Å². The monoisotopic (exact) mass is 526 g/mol. The van der Waals surface area contributed by atoms with Crippen molar-refractivity contribution in [3.05, 3.63) is 50.7 Å². The van der Waals surface area contributed by atoms with Crippen molar-refractivity contribution < 1.29 is 37.2 Å². The molecular weight excluding hydrogens is 500 g/mol. The van der Waals surface area contributed by atoms with E-state index >= 15 is 0 Å².